The molecular formula is C16H32N2O3. The largest absolute Gasteiger partial charge is 0.480 e. The van der Waals surface area contributed by atoms with Crippen LogP contribution in [0.25, 0.3) is 0 Å². The Balaban J connectivity index is 2.82. The Kier molecular flexibility index (Phi) is 5.45. The number of hydrogen-bond donors (Lipinski definition) is 2. The van der Waals surface area contributed by atoms with Crippen molar-refractivity contribution in [1.29, 1.82) is 0 Å². The van der Waals surface area contributed by atoms with E-state index < -0.39 is 11.5 Å². The summed E-state index contributed by atoms with van der Waals surface area (Å²) in [4.78, 5) is 13.9. The van der Waals surface area contributed by atoms with Crippen molar-refractivity contribution >= 4 is 5.97 Å². The summed E-state index contributed by atoms with van der Waals surface area (Å²) < 4.78 is 6.09. The second kappa shape index (κ2) is 6.23. The number of morpholine rings is 1. The lowest BCUT2D eigenvalue weighted by Crippen LogP contribution is -2.61. The molecule has 0 amide bonds. The Hall–Kier alpha value is -0.650. The van der Waals surface area contributed by atoms with Gasteiger partial charge in [0.1, 0.15) is 5.54 Å². The van der Waals surface area contributed by atoms with Gasteiger partial charge in [-0.15, -0.1) is 0 Å². The van der Waals surface area contributed by atoms with Gasteiger partial charge in [0, 0.05) is 19.1 Å². The first-order valence-electron chi connectivity index (χ1n) is 7.83. The van der Waals surface area contributed by atoms with Gasteiger partial charge in [-0.2, -0.15) is 0 Å². The van der Waals surface area contributed by atoms with E-state index in [1.54, 1.807) is 6.92 Å². The standard InChI is InChI=1S/C16H32N2O3/c1-8-17-16(7,13(19)20)9-12(2)18-10-14(3,4)21-15(5,6)11-18/h12,17H,8-11H2,1-7H3,(H,19,20). The van der Waals surface area contributed by atoms with E-state index in [4.69, 9.17) is 4.74 Å². The van der Waals surface area contributed by atoms with Crippen LogP contribution in [0.1, 0.15) is 54.9 Å². The maximum Gasteiger partial charge on any atom is 0.323 e. The Morgan fingerprint density at radius 2 is 1.81 bits per heavy atom. The number of aliphatic carboxylic acids is 1. The van der Waals surface area contributed by atoms with E-state index >= 15 is 0 Å². The predicted molar refractivity (Wildman–Crippen MR) is 84.6 cm³/mol. The fourth-order valence-corrected chi connectivity index (χ4v) is 3.50. The second-order valence-corrected chi connectivity index (χ2v) is 7.75. The Bertz CT molecular complexity index is 366. The van der Waals surface area contributed by atoms with Crippen LogP contribution in [0.5, 0.6) is 0 Å². The van der Waals surface area contributed by atoms with Crippen molar-refractivity contribution in [3.8, 4) is 0 Å². The Morgan fingerprint density at radius 1 is 1.33 bits per heavy atom. The average molecular weight is 300 g/mol. The summed E-state index contributed by atoms with van der Waals surface area (Å²) in [7, 11) is 0. The van der Waals surface area contributed by atoms with Crippen LogP contribution in [0.4, 0.5) is 0 Å². The smallest absolute Gasteiger partial charge is 0.323 e. The van der Waals surface area contributed by atoms with Gasteiger partial charge in [0.25, 0.3) is 0 Å². The zero-order valence-electron chi connectivity index (χ0n) is 14.6. The molecule has 0 aromatic rings. The number of carboxylic acid groups (broad SMARTS) is 1. The monoisotopic (exact) mass is 300 g/mol. The van der Waals surface area contributed by atoms with Crippen molar-refractivity contribution < 1.29 is 14.6 Å². The van der Waals surface area contributed by atoms with E-state index in [0.717, 1.165) is 13.1 Å². The lowest BCUT2D eigenvalue weighted by atomic mass is 9.90. The van der Waals surface area contributed by atoms with Crippen molar-refractivity contribution in [3.63, 3.8) is 0 Å². The highest BCUT2D eigenvalue weighted by Crippen LogP contribution is 2.30. The van der Waals surface area contributed by atoms with E-state index in [2.05, 4.69) is 44.8 Å². The van der Waals surface area contributed by atoms with Crippen LogP contribution < -0.4 is 5.32 Å². The topological polar surface area (TPSA) is 61.8 Å². The molecule has 1 fully saturated rings. The van der Waals surface area contributed by atoms with Gasteiger partial charge in [-0.1, -0.05) is 6.92 Å². The zero-order valence-corrected chi connectivity index (χ0v) is 14.6. The fourth-order valence-electron chi connectivity index (χ4n) is 3.50. The van der Waals surface area contributed by atoms with Crippen molar-refractivity contribution in [2.75, 3.05) is 19.6 Å². The molecule has 0 bridgehead atoms. The third-order valence-electron chi connectivity index (χ3n) is 4.09. The quantitative estimate of drug-likeness (QED) is 0.786. The molecule has 2 atom stereocenters. The number of likely N-dealkylation sites (N-methyl/N-ethyl adjacent to an activating group) is 1. The first-order chi connectivity index (χ1) is 9.41. The molecule has 2 unspecified atom stereocenters. The number of nitrogens with one attached hydrogen (secondary N) is 1. The third-order valence-corrected chi connectivity index (χ3v) is 4.09. The van der Waals surface area contributed by atoms with Gasteiger partial charge in [0.15, 0.2) is 0 Å². The number of carbonyl (C=O) groups is 1. The molecule has 0 spiro atoms. The van der Waals surface area contributed by atoms with Gasteiger partial charge in [0.05, 0.1) is 11.2 Å². The van der Waals surface area contributed by atoms with Gasteiger partial charge in [-0.05, 0) is 54.5 Å². The molecule has 1 aliphatic heterocycles. The van der Waals surface area contributed by atoms with Crippen molar-refractivity contribution in [1.82, 2.24) is 10.2 Å². The first-order valence-corrected chi connectivity index (χ1v) is 7.83. The summed E-state index contributed by atoms with van der Waals surface area (Å²) in [6, 6.07) is 0.174. The minimum absolute atomic E-state index is 0.174. The molecule has 1 saturated heterocycles. The van der Waals surface area contributed by atoms with E-state index in [9.17, 15) is 9.90 Å². The van der Waals surface area contributed by atoms with Gasteiger partial charge < -0.3 is 15.2 Å². The van der Waals surface area contributed by atoms with Crippen LogP contribution in [0.3, 0.4) is 0 Å². The van der Waals surface area contributed by atoms with Crippen LogP contribution in [0, 0.1) is 0 Å². The summed E-state index contributed by atoms with van der Waals surface area (Å²) in [5, 5.41) is 12.6. The molecule has 0 radical (unpaired) electrons. The molecule has 5 heteroatoms. The SMILES string of the molecule is CCNC(C)(CC(C)N1CC(C)(C)OC(C)(C)C1)C(=O)O. The molecular weight excluding hydrogens is 268 g/mol. The minimum Gasteiger partial charge on any atom is -0.480 e. The second-order valence-electron chi connectivity index (χ2n) is 7.75. The highest BCUT2D eigenvalue weighted by Gasteiger charge is 2.42. The Labute approximate surface area is 129 Å². The molecule has 0 saturated carbocycles. The molecule has 124 valence electrons. The molecule has 1 rings (SSSR count). The predicted octanol–water partition coefficient (Wildman–Crippen LogP) is 2.11. The van der Waals surface area contributed by atoms with Crippen molar-refractivity contribution in [2.24, 2.45) is 0 Å². The van der Waals surface area contributed by atoms with Gasteiger partial charge in [-0.25, -0.2) is 0 Å². The van der Waals surface area contributed by atoms with E-state index in [0.29, 0.717) is 13.0 Å². The fraction of sp³-hybridized carbons (Fsp3) is 0.938. The van der Waals surface area contributed by atoms with Gasteiger partial charge in [-0.3, -0.25) is 9.69 Å². The number of rotatable bonds is 6. The van der Waals surface area contributed by atoms with E-state index in [1.807, 2.05) is 6.92 Å². The highest BCUT2D eigenvalue weighted by atomic mass is 16.5. The molecule has 21 heavy (non-hydrogen) atoms. The van der Waals surface area contributed by atoms with Crippen LogP contribution in [-0.2, 0) is 9.53 Å². The van der Waals surface area contributed by atoms with Gasteiger partial charge >= 0.3 is 5.97 Å². The molecule has 1 heterocycles. The van der Waals surface area contributed by atoms with Crippen LogP contribution in [-0.4, -0.2) is 58.4 Å². The van der Waals surface area contributed by atoms with E-state index in [1.165, 1.54) is 0 Å². The first kappa shape index (κ1) is 18.4. The number of hydrogen-bond acceptors (Lipinski definition) is 4. The summed E-state index contributed by atoms with van der Waals surface area (Å²) >= 11 is 0. The molecule has 1 aliphatic rings. The lowest BCUT2D eigenvalue weighted by Gasteiger charge is -2.50. The van der Waals surface area contributed by atoms with Crippen molar-refractivity contribution in [2.45, 2.75) is 77.7 Å². The van der Waals surface area contributed by atoms with Crippen LogP contribution in [0.2, 0.25) is 0 Å². The molecule has 0 aliphatic carbocycles. The number of nitrogens with zero attached hydrogens (tertiary/aromatic N) is 1. The summed E-state index contributed by atoms with van der Waals surface area (Å²) in [6.45, 7) is 16.5. The highest BCUT2D eigenvalue weighted by molar-refractivity contribution is 5.78. The average Bonchev–Trinajstić information content (AvgIpc) is 2.24. The number of carboxylic acids is 1. The summed E-state index contributed by atoms with van der Waals surface area (Å²) in [5.74, 6) is -0.789. The molecule has 0 aromatic carbocycles. The van der Waals surface area contributed by atoms with Crippen LogP contribution in [0.15, 0.2) is 0 Å². The zero-order chi connectivity index (χ0) is 16.5. The maximum atomic E-state index is 11.6. The van der Waals surface area contributed by atoms with E-state index in [-0.39, 0.29) is 17.2 Å². The summed E-state index contributed by atoms with van der Waals surface area (Å²) in [6.07, 6.45) is 0.572. The van der Waals surface area contributed by atoms with Crippen LogP contribution >= 0.6 is 0 Å². The normalized spacial score (nSPS) is 26.0. The van der Waals surface area contributed by atoms with Gasteiger partial charge in [0.2, 0.25) is 0 Å². The third kappa shape index (κ3) is 4.94. The molecule has 2 N–H and O–H groups in total. The minimum atomic E-state index is -0.888. The molecule has 0 aromatic heterocycles. The Morgan fingerprint density at radius 3 is 2.19 bits per heavy atom. The summed E-state index contributed by atoms with van der Waals surface area (Å²) in [5.41, 5.74) is -1.32. The maximum absolute atomic E-state index is 11.6. The lowest BCUT2D eigenvalue weighted by molar-refractivity contribution is -0.188. The van der Waals surface area contributed by atoms with Crippen molar-refractivity contribution in [3.05, 3.63) is 0 Å². The number of ether oxygens (including phenoxy) is 1. The molecule has 5 nitrogen and oxygen atoms in total.